The molecule has 0 aromatic heterocycles. The number of amides is 2. The van der Waals surface area contributed by atoms with E-state index in [9.17, 15) is 22.8 Å². The van der Waals surface area contributed by atoms with Crippen LogP contribution in [0.3, 0.4) is 0 Å². The number of hydrogen-bond acceptors (Lipinski definition) is 4. The largest absolute Gasteiger partial charge is 0.496 e. The summed E-state index contributed by atoms with van der Waals surface area (Å²) in [4.78, 5) is 28.6. The summed E-state index contributed by atoms with van der Waals surface area (Å²) in [6.07, 6.45) is -0.00451. The average Bonchev–Trinajstić information content (AvgIpc) is 2.83. The molecule has 2 amide bonds. The maximum absolute atomic E-state index is 13.1. The van der Waals surface area contributed by atoms with Gasteiger partial charge in [0, 0.05) is 49.2 Å². The third-order valence-electron chi connectivity index (χ3n) is 7.08. The molecule has 1 saturated carbocycles. The third-order valence-corrected chi connectivity index (χ3v) is 7.31. The molecule has 1 aliphatic heterocycles. The summed E-state index contributed by atoms with van der Waals surface area (Å²) in [5, 5.41) is 2.69. The van der Waals surface area contributed by atoms with Crippen LogP contribution in [0.15, 0.2) is 18.2 Å². The molecule has 6 nitrogen and oxygen atoms in total. The Hall–Kier alpha value is -2.00. The summed E-state index contributed by atoms with van der Waals surface area (Å²) in [7, 11) is 1.57. The molecule has 2 fully saturated rings. The Balaban J connectivity index is 1.60. The highest BCUT2D eigenvalue weighted by Gasteiger charge is 2.44. The normalized spacial score (nSPS) is 20.0. The number of methoxy groups -OCH3 is 1. The van der Waals surface area contributed by atoms with Crippen LogP contribution in [0.25, 0.3) is 0 Å². The lowest BCUT2D eigenvalue weighted by molar-refractivity contribution is -0.174. The molecule has 0 bridgehead atoms. The first kappa shape index (κ1) is 26.6. The van der Waals surface area contributed by atoms with E-state index < -0.39 is 17.6 Å². The number of carbonyl (C=O) groups is 2. The van der Waals surface area contributed by atoms with Crippen molar-refractivity contribution in [3.05, 3.63) is 28.8 Å². The number of hydrogen-bond donors (Lipinski definition) is 1. The highest BCUT2D eigenvalue weighted by molar-refractivity contribution is 6.30. The standard InChI is InChI=1S/C24H33ClF3N3O3/c1-17(14-18-6-7-19(25)15-20(18)34-2)21(32)30-10-12-31(13-11-30)23(8-4-3-5-9-23)16-29-22(33)24(26,27)28/h6-7,15,17H,3-5,8-14,16H2,1-2H3,(H,29,33). The first-order valence-electron chi connectivity index (χ1n) is 11.8. The van der Waals surface area contributed by atoms with Crippen molar-refractivity contribution in [3.8, 4) is 5.75 Å². The van der Waals surface area contributed by atoms with E-state index in [4.69, 9.17) is 16.3 Å². The van der Waals surface area contributed by atoms with Crippen LogP contribution >= 0.6 is 11.6 Å². The van der Waals surface area contributed by atoms with E-state index in [0.717, 1.165) is 37.7 Å². The van der Waals surface area contributed by atoms with Crippen molar-refractivity contribution in [1.29, 1.82) is 0 Å². The lowest BCUT2D eigenvalue weighted by atomic mass is 9.79. The minimum atomic E-state index is -4.89. The second kappa shape index (κ2) is 11.2. The Labute approximate surface area is 203 Å². The van der Waals surface area contributed by atoms with Crippen molar-refractivity contribution >= 4 is 23.4 Å². The molecule has 1 atom stereocenters. The van der Waals surface area contributed by atoms with Gasteiger partial charge in [-0.2, -0.15) is 13.2 Å². The van der Waals surface area contributed by atoms with Gasteiger partial charge in [-0.25, -0.2) is 0 Å². The fourth-order valence-corrected chi connectivity index (χ4v) is 5.34. The lowest BCUT2D eigenvalue weighted by Gasteiger charge is -2.50. The predicted molar refractivity (Wildman–Crippen MR) is 124 cm³/mol. The van der Waals surface area contributed by atoms with E-state index in [-0.39, 0.29) is 18.4 Å². The number of halogens is 4. The summed E-state index contributed by atoms with van der Waals surface area (Å²) in [5.41, 5.74) is 0.421. The maximum atomic E-state index is 13.1. The quantitative estimate of drug-likeness (QED) is 0.610. The molecule has 190 valence electrons. The molecule has 1 saturated heterocycles. The zero-order chi connectivity index (χ0) is 24.9. The van der Waals surface area contributed by atoms with Gasteiger partial charge in [0.15, 0.2) is 0 Å². The molecular weight excluding hydrogens is 471 g/mol. The first-order valence-corrected chi connectivity index (χ1v) is 12.1. The van der Waals surface area contributed by atoms with Gasteiger partial charge in [-0.15, -0.1) is 0 Å². The average molecular weight is 504 g/mol. The first-order chi connectivity index (χ1) is 16.1. The third kappa shape index (κ3) is 6.36. The van der Waals surface area contributed by atoms with Gasteiger partial charge >= 0.3 is 12.1 Å². The number of benzene rings is 1. The van der Waals surface area contributed by atoms with Crippen LogP contribution < -0.4 is 10.1 Å². The van der Waals surface area contributed by atoms with Crippen LogP contribution in [0.5, 0.6) is 5.75 Å². The SMILES string of the molecule is COc1cc(Cl)ccc1CC(C)C(=O)N1CCN(C2(CNC(=O)C(F)(F)F)CCCCC2)CC1. The van der Waals surface area contributed by atoms with E-state index in [1.54, 1.807) is 19.2 Å². The summed E-state index contributed by atoms with van der Waals surface area (Å²) >= 11 is 6.03. The monoisotopic (exact) mass is 503 g/mol. The Kier molecular flexibility index (Phi) is 8.73. The zero-order valence-electron chi connectivity index (χ0n) is 19.7. The fraction of sp³-hybridized carbons (Fsp3) is 0.667. The number of piperazine rings is 1. The van der Waals surface area contributed by atoms with Crippen LogP contribution in [0.2, 0.25) is 5.02 Å². The van der Waals surface area contributed by atoms with Crippen molar-refractivity contribution in [2.75, 3.05) is 39.8 Å². The van der Waals surface area contributed by atoms with Gasteiger partial charge in [-0.3, -0.25) is 14.5 Å². The van der Waals surface area contributed by atoms with Crippen molar-refractivity contribution in [2.24, 2.45) is 5.92 Å². The number of rotatable bonds is 7. The summed E-state index contributed by atoms with van der Waals surface area (Å²) < 4.78 is 43.6. The smallest absolute Gasteiger partial charge is 0.471 e. The topological polar surface area (TPSA) is 61.9 Å². The van der Waals surface area contributed by atoms with Gasteiger partial charge in [-0.05, 0) is 37.0 Å². The van der Waals surface area contributed by atoms with Crippen LogP contribution in [0.1, 0.15) is 44.6 Å². The van der Waals surface area contributed by atoms with Crippen LogP contribution in [0, 0.1) is 5.92 Å². The Morgan fingerprint density at radius 2 is 1.79 bits per heavy atom. The second-order valence-corrected chi connectivity index (χ2v) is 9.78. The molecular formula is C24H33ClF3N3O3. The number of ether oxygens (including phenoxy) is 1. The molecule has 1 aliphatic carbocycles. The fourth-order valence-electron chi connectivity index (χ4n) is 5.18. The predicted octanol–water partition coefficient (Wildman–Crippen LogP) is 4.05. The molecule has 0 spiro atoms. The van der Waals surface area contributed by atoms with E-state index in [2.05, 4.69) is 10.2 Å². The van der Waals surface area contributed by atoms with Gasteiger partial charge in [0.05, 0.1) is 7.11 Å². The van der Waals surface area contributed by atoms with E-state index in [0.29, 0.717) is 43.4 Å². The van der Waals surface area contributed by atoms with Gasteiger partial charge in [-0.1, -0.05) is 43.9 Å². The van der Waals surface area contributed by atoms with Gasteiger partial charge in [0.2, 0.25) is 5.91 Å². The molecule has 2 aliphatic rings. The van der Waals surface area contributed by atoms with Crippen molar-refractivity contribution in [1.82, 2.24) is 15.1 Å². The number of nitrogens with one attached hydrogen (secondary N) is 1. The van der Waals surface area contributed by atoms with Crippen molar-refractivity contribution in [2.45, 2.75) is 57.2 Å². The van der Waals surface area contributed by atoms with Crippen LogP contribution in [-0.4, -0.2) is 73.2 Å². The van der Waals surface area contributed by atoms with Crippen LogP contribution in [-0.2, 0) is 16.0 Å². The minimum Gasteiger partial charge on any atom is -0.496 e. The van der Waals surface area contributed by atoms with Crippen LogP contribution in [0.4, 0.5) is 13.2 Å². The Morgan fingerprint density at radius 1 is 1.15 bits per heavy atom. The Morgan fingerprint density at radius 3 is 2.38 bits per heavy atom. The van der Waals surface area contributed by atoms with Gasteiger partial charge in [0.1, 0.15) is 5.75 Å². The molecule has 1 aromatic rings. The highest BCUT2D eigenvalue weighted by Crippen LogP contribution is 2.35. The molecule has 0 radical (unpaired) electrons. The van der Waals surface area contributed by atoms with Gasteiger partial charge < -0.3 is 15.0 Å². The molecule has 34 heavy (non-hydrogen) atoms. The summed E-state index contributed by atoms with van der Waals surface area (Å²) in [6.45, 7) is 4.03. The number of alkyl halides is 3. The summed E-state index contributed by atoms with van der Waals surface area (Å²) in [6, 6.07) is 5.37. The number of nitrogens with zero attached hydrogens (tertiary/aromatic N) is 2. The van der Waals surface area contributed by atoms with Crippen molar-refractivity contribution in [3.63, 3.8) is 0 Å². The van der Waals surface area contributed by atoms with Crippen molar-refractivity contribution < 1.29 is 27.5 Å². The maximum Gasteiger partial charge on any atom is 0.471 e. The molecule has 1 heterocycles. The molecule has 3 rings (SSSR count). The Bertz CT molecular complexity index is 867. The van der Waals surface area contributed by atoms with E-state index in [1.165, 1.54) is 0 Å². The zero-order valence-corrected chi connectivity index (χ0v) is 20.5. The second-order valence-electron chi connectivity index (χ2n) is 9.34. The van der Waals surface area contributed by atoms with E-state index >= 15 is 0 Å². The molecule has 1 aromatic carbocycles. The molecule has 1 N–H and O–H groups in total. The van der Waals surface area contributed by atoms with E-state index in [1.807, 2.05) is 17.9 Å². The number of carbonyl (C=O) groups excluding carboxylic acids is 2. The molecule has 10 heteroatoms. The highest BCUT2D eigenvalue weighted by atomic mass is 35.5. The minimum absolute atomic E-state index is 0.0218. The molecule has 1 unspecified atom stereocenters. The summed E-state index contributed by atoms with van der Waals surface area (Å²) in [5.74, 6) is -1.45. The lowest BCUT2D eigenvalue weighted by Crippen LogP contribution is -2.63. The van der Waals surface area contributed by atoms with Gasteiger partial charge in [0.25, 0.3) is 0 Å².